The van der Waals surface area contributed by atoms with Crippen molar-refractivity contribution in [3.63, 3.8) is 0 Å². The van der Waals surface area contributed by atoms with Crippen molar-refractivity contribution < 1.29 is 9.90 Å². The van der Waals surface area contributed by atoms with Crippen molar-refractivity contribution in [1.82, 2.24) is 15.0 Å². The Morgan fingerprint density at radius 2 is 1.50 bits per heavy atom. The molecular weight excluding hydrogens is 274 g/mol. The molecule has 0 atom stereocenters. The summed E-state index contributed by atoms with van der Waals surface area (Å²) in [7, 11) is 0. The van der Waals surface area contributed by atoms with Crippen LogP contribution in [0.1, 0.15) is 10.5 Å². The molecule has 3 aromatic rings. The summed E-state index contributed by atoms with van der Waals surface area (Å²) in [5, 5.41) is 9.97. The lowest BCUT2D eigenvalue weighted by atomic mass is 10.2. The molecule has 0 radical (unpaired) electrons. The van der Waals surface area contributed by atoms with Gasteiger partial charge in [0.1, 0.15) is 5.01 Å². The maximum atomic E-state index is 11.4. The molecule has 3 aromatic heterocycles. The molecule has 5 nitrogen and oxygen atoms in total. The first-order valence-corrected chi connectivity index (χ1v) is 6.62. The standard InChI is InChI=1S/C14H9N3O2S/c18-14(19)11-12(9-1-5-15-6-2-9)20-13(17-11)10-3-7-16-8-4-10/h1-8H,(H,18,19). The topological polar surface area (TPSA) is 76.0 Å². The van der Waals surface area contributed by atoms with Crippen LogP contribution in [0.4, 0.5) is 0 Å². The number of rotatable bonds is 3. The van der Waals surface area contributed by atoms with E-state index in [0.717, 1.165) is 11.1 Å². The van der Waals surface area contributed by atoms with E-state index in [1.165, 1.54) is 11.3 Å². The van der Waals surface area contributed by atoms with Crippen LogP contribution >= 0.6 is 11.3 Å². The van der Waals surface area contributed by atoms with Crippen LogP contribution in [0.15, 0.2) is 49.1 Å². The van der Waals surface area contributed by atoms with Crippen LogP contribution in [0.2, 0.25) is 0 Å². The summed E-state index contributed by atoms with van der Waals surface area (Å²) in [6.07, 6.45) is 6.58. The van der Waals surface area contributed by atoms with E-state index in [2.05, 4.69) is 15.0 Å². The zero-order valence-electron chi connectivity index (χ0n) is 10.2. The molecule has 0 aliphatic carbocycles. The Morgan fingerprint density at radius 3 is 2.05 bits per heavy atom. The first-order valence-electron chi connectivity index (χ1n) is 5.80. The van der Waals surface area contributed by atoms with E-state index in [9.17, 15) is 9.90 Å². The normalized spacial score (nSPS) is 10.4. The number of hydrogen-bond acceptors (Lipinski definition) is 5. The Balaban J connectivity index is 2.15. The molecular formula is C14H9N3O2S. The van der Waals surface area contributed by atoms with Gasteiger partial charge in [0.25, 0.3) is 0 Å². The minimum Gasteiger partial charge on any atom is -0.476 e. The van der Waals surface area contributed by atoms with Crippen molar-refractivity contribution in [3.8, 4) is 21.0 Å². The number of aromatic nitrogens is 3. The van der Waals surface area contributed by atoms with Crippen LogP contribution in [0.25, 0.3) is 21.0 Å². The zero-order valence-corrected chi connectivity index (χ0v) is 11.0. The van der Waals surface area contributed by atoms with Crippen LogP contribution in [0.5, 0.6) is 0 Å². The highest BCUT2D eigenvalue weighted by Crippen LogP contribution is 2.35. The van der Waals surface area contributed by atoms with E-state index in [1.807, 2.05) is 0 Å². The van der Waals surface area contributed by atoms with Gasteiger partial charge in [-0.1, -0.05) is 0 Å². The van der Waals surface area contributed by atoms with E-state index >= 15 is 0 Å². The molecule has 0 aliphatic rings. The van der Waals surface area contributed by atoms with Crippen molar-refractivity contribution in [1.29, 1.82) is 0 Å². The maximum absolute atomic E-state index is 11.4. The number of pyridine rings is 2. The lowest BCUT2D eigenvalue weighted by Gasteiger charge is -1.96. The highest BCUT2D eigenvalue weighted by molar-refractivity contribution is 7.18. The van der Waals surface area contributed by atoms with Crippen molar-refractivity contribution in [2.24, 2.45) is 0 Å². The predicted molar refractivity (Wildman–Crippen MR) is 75.5 cm³/mol. The fourth-order valence-corrected chi connectivity index (χ4v) is 2.85. The number of carboxylic acids is 1. The quantitative estimate of drug-likeness (QED) is 0.799. The van der Waals surface area contributed by atoms with E-state index in [0.29, 0.717) is 9.88 Å². The molecule has 0 fully saturated rings. The summed E-state index contributed by atoms with van der Waals surface area (Å²) >= 11 is 1.35. The van der Waals surface area contributed by atoms with E-state index in [1.54, 1.807) is 49.1 Å². The highest BCUT2D eigenvalue weighted by Gasteiger charge is 2.19. The van der Waals surface area contributed by atoms with Gasteiger partial charge in [-0.2, -0.15) is 0 Å². The van der Waals surface area contributed by atoms with Crippen LogP contribution in [-0.4, -0.2) is 26.0 Å². The molecule has 0 saturated heterocycles. The average Bonchev–Trinajstić information content (AvgIpc) is 2.94. The highest BCUT2D eigenvalue weighted by atomic mass is 32.1. The van der Waals surface area contributed by atoms with E-state index < -0.39 is 5.97 Å². The largest absolute Gasteiger partial charge is 0.476 e. The number of thiazole rings is 1. The second kappa shape index (κ2) is 5.18. The van der Waals surface area contributed by atoms with E-state index in [-0.39, 0.29) is 5.69 Å². The SMILES string of the molecule is O=C(O)c1nc(-c2ccncc2)sc1-c1ccncc1. The number of carboxylic acid groups (broad SMARTS) is 1. The Hall–Kier alpha value is -2.60. The minimum atomic E-state index is -1.03. The number of carbonyl (C=O) groups is 1. The second-order valence-corrected chi connectivity index (χ2v) is 4.97. The molecule has 1 N–H and O–H groups in total. The third-order valence-corrected chi connectivity index (χ3v) is 3.85. The van der Waals surface area contributed by atoms with Gasteiger partial charge in [0.05, 0.1) is 4.88 Å². The van der Waals surface area contributed by atoms with Crippen LogP contribution < -0.4 is 0 Å². The molecule has 3 rings (SSSR count). The fourth-order valence-electron chi connectivity index (χ4n) is 1.78. The van der Waals surface area contributed by atoms with Gasteiger partial charge in [0.15, 0.2) is 5.69 Å². The van der Waals surface area contributed by atoms with Crippen molar-refractivity contribution >= 4 is 17.3 Å². The summed E-state index contributed by atoms with van der Waals surface area (Å²) in [5.41, 5.74) is 1.72. The average molecular weight is 283 g/mol. The lowest BCUT2D eigenvalue weighted by Crippen LogP contribution is -1.98. The van der Waals surface area contributed by atoms with Gasteiger partial charge in [-0.3, -0.25) is 9.97 Å². The zero-order chi connectivity index (χ0) is 13.9. The molecule has 0 spiro atoms. The molecule has 3 heterocycles. The van der Waals surface area contributed by atoms with Gasteiger partial charge in [-0.05, 0) is 29.8 Å². The Bertz CT molecular complexity index is 742. The summed E-state index contributed by atoms with van der Waals surface area (Å²) in [6.45, 7) is 0. The van der Waals surface area contributed by atoms with Gasteiger partial charge in [-0.15, -0.1) is 11.3 Å². The summed E-state index contributed by atoms with van der Waals surface area (Å²) in [4.78, 5) is 24.1. The van der Waals surface area contributed by atoms with Gasteiger partial charge in [0.2, 0.25) is 0 Å². The molecule has 0 aromatic carbocycles. The Labute approximate surface area is 118 Å². The van der Waals surface area contributed by atoms with Gasteiger partial charge in [0, 0.05) is 30.4 Å². The third kappa shape index (κ3) is 2.28. The molecule has 0 saturated carbocycles. The van der Waals surface area contributed by atoms with Crippen LogP contribution in [0, 0.1) is 0 Å². The fraction of sp³-hybridized carbons (Fsp3) is 0. The van der Waals surface area contributed by atoms with Gasteiger partial charge >= 0.3 is 5.97 Å². The van der Waals surface area contributed by atoms with Gasteiger partial charge in [-0.25, -0.2) is 9.78 Å². The predicted octanol–water partition coefficient (Wildman–Crippen LogP) is 2.97. The lowest BCUT2D eigenvalue weighted by molar-refractivity contribution is 0.0692. The smallest absolute Gasteiger partial charge is 0.356 e. The number of hydrogen-bond donors (Lipinski definition) is 1. The van der Waals surface area contributed by atoms with Crippen molar-refractivity contribution in [3.05, 3.63) is 54.7 Å². The van der Waals surface area contributed by atoms with Gasteiger partial charge < -0.3 is 5.11 Å². The molecule has 0 amide bonds. The molecule has 20 heavy (non-hydrogen) atoms. The molecule has 0 aliphatic heterocycles. The molecule has 98 valence electrons. The minimum absolute atomic E-state index is 0.0630. The molecule has 0 bridgehead atoms. The van der Waals surface area contributed by atoms with Crippen molar-refractivity contribution in [2.75, 3.05) is 0 Å². The van der Waals surface area contributed by atoms with Crippen molar-refractivity contribution in [2.45, 2.75) is 0 Å². The molecule has 6 heteroatoms. The molecule has 0 unspecified atom stereocenters. The summed E-state index contributed by atoms with van der Waals surface area (Å²) in [6, 6.07) is 7.16. The first kappa shape index (κ1) is 12.4. The van der Waals surface area contributed by atoms with E-state index in [4.69, 9.17) is 0 Å². The first-order chi connectivity index (χ1) is 9.75. The Morgan fingerprint density at radius 1 is 0.950 bits per heavy atom. The summed E-state index contributed by atoms with van der Waals surface area (Å²) < 4.78 is 0. The van der Waals surface area contributed by atoms with Crippen LogP contribution in [0.3, 0.4) is 0 Å². The summed E-state index contributed by atoms with van der Waals surface area (Å²) in [5.74, 6) is -1.03. The second-order valence-electron chi connectivity index (χ2n) is 3.97. The maximum Gasteiger partial charge on any atom is 0.356 e. The number of nitrogens with zero attached hydrogens (tertiary/aromatic N) is 3. The Kier molecular flexibility index (Phi) is 3.22. The third-order valence-electron chi connectivity index (χ3n) is 2.70. The van der Waals surface area contributed by atoms with Crippen LogP contribution in [-0.2, 0) is 0 Å². The number of aromatic carboxylic acids is 1. The monoisotopic (exact) mass is 283 g/mol.